The van der Waals surface area contributed by atoms with E-state index in [0.29, 0.717) is 11.9 Å². The second-order valence-corrected chi connectivity index (χ2v) is 4.46. The van der Waals surface area contributed by atoms with Gasteiger partial charge in [0.25, 0.3) is 0 Å². The smallest absolute Gasteiger partial charge is 0.189 e. The van der Waals surface area contributed by atoms with Gasteiger partial charge in [-0.3, -0.25) is 9.59 Å². The zero-order valence-corrected chi connectivity index (χ0v) is 10.3. The lowest BCUT2D eigenvalue weighted by Crippen LogP contribution is -2.15. The lowest BCUT2D eigenvalue weighted by molar-refractivity contribution is -0.117. The van der Waals surface area contributed by atoms with Crippen molar-refractivity contribution in [3.05, 3.63) is 45.7 Å². The number of hydrogen-bond donors (Lipinski definition) is 0. The zero-order chi connectivity index (χ0) is 12.6. The number of ketones is 1. The van der Waals surface area contributed by atoms with Gasteiger partial charge in [-0.05, 0) is 32.9 Å². The summed E-state index contributed by atoms with van der Waals surface area (Å²) in [5, 5.41) is 0.678. The van der Waals surface area contributed by atoms with Crippen molar-refractivity contribution >= 4 is 16.7 Å². The van der Waals surface area contributed by atoms with Crippen LogP contribution in [0.15, 0.2) is 29.1 Å². The molecule has 3 nitrogen and oxygen atoms in total. The Morgan fingerprint density at radius 1 is 1.24 bits per heavy atom. The quantitative estimate of drug-likeness (QED) is 0.792. The Balaban J connectivity index is 2.83. The Bertz CT molecular complexity index is 653. The van der Waals surface area contributed by atoms with Crippen LogP contribution in [0.5, 0.6) is 0 Å². The van der Waals surface area contributed by atoms with Crippen LogP contribution in [0.3, 0.4) is 0 Å². The highest BCUT2D eigenvalue weighted by molar-refractivity contribution is 5.83. The van der Waals surface area contributed by atoms with E-state index in [4.69, 9.17) is 0 Å². The van der Waals surface area contributed by atoms with Crippen LogP contribution in [0.25, 0.3) is 10.9 Å². The lowest BCUT2D eigenvalue weighted by atomic mass is 10.1. The molecule has 0 atom stereocenters. The number of pyridine rings is 1. The van der Waals surface area contributed by atoms with Crippen LogP contribution in [0.1, 0.15) is 18.2 Å². The molecule has 17 heavy (non-hydrogen) atoms. The number of aryl methyl sites for hydroxylation is 2. The third-order valence-electron chi connectivity index (χ3n) is 2.85. The average molecular weight is 229 g/mol. The first-order valence-corrected chi connectivity index (χ1v) is 5.59. The van der Waals surface area contributed by atoms with E-state index in [-0.39, 0.29) is 11.2 Å². The van der Waals surface area contributed by atoms with Crippen molar-refractivity contribution in [2.45, 2.75) is 27.3 Å². The molecule has 1 heterocycles. The first-order valence-electron chi connectivity index (χ1n) is 5.59. The Hall–Kier alpha value is -1.90. The highest BCUT2D eigenvalue weighted by Crippen LogP contribution is 2.14. The summed E-state index contributed by atoms with van der Waals surface area (Å²) in [5.74, 6) is 0.0821. The normalized spacial score (nSPS) is 10.8. The van der Waals surface area contributed by atoms with E-state index < -0.39 is 0 Å². The summed E-state index contributed by atoms with van der Waals surface area (Å²) >= 11 is 0. The maximum absolute atomic E-state index is 11.9. The summed E-state index contributed by atoms with van der Waals surface area (Å²) in [6, 6.07) is 7.32. The zero-order valence-electron chi connectivity index (χ0n) is 10.3. The second-order valence-electron chi connectivity index (χ2n) is 4.46. The largest absolute Gasteiger partial charge is 0.337 e. The summed E-state index contributed by atoms with van der Waals surface area (Å²) in [6.45, 7) is 5.67. The molecule has 2 rings (SSSR count). The molecule has 0 amide bonds. The van der Waals surface area contributed by atoms with Crippen molar-refractivity contribution in [2.75, 3.05) is 0 Å². The molecule has 1 aromatic heterocycles. The number of carbonyl (C=O) groups excluding carboxylic acids is 1. The van der Waals surface area contributed by atoms with Gasteiger partial charge in [0.2, 0.25) is 0 Å². The number of aromatic nitrogens is 1. The molecule has 0 bridgehead atoms. The van der Waals surface area contributed by atoms with Gasteiger partial charge in [0, 0.05) is 17.1 Å². The van der Waals surface area contributed by atoms with Crippen LogP contribution in [0, 0.1) is 13.8 Å². The molecule has 0 aliphatic heterocycles. The molecule has 0 saturated heterocycles. The van der Waals surface area contributed by atoms with Crippen molar-refractivity contribution in [1.82, 2.24) is 4.57 Å². The van der Waals surface area contributed by atoms with Crippen molar-refractivity contribution < 1.29 is 4.79 Å². The minimum atomic E-state index is 0.0148. The third kappa shape index (κ3) is 2.13. The number of nitrogens with zero attached hydrogens (tertiary/aromatic N) is 1. The van der Waals surface area contributed by atoms with Gasteiger partial charge in [-0.25, -0.2) is 0 Å². The molecule has 0 aliphatic rings. The third-order valence-corrected chi connectivity index (χ3v) is 2.85. The van der Waals surface area contributed by atoms with Crippen LogP contribution in [0.2, 0.25) is 0 Å². The number of carbonyl (C=O) groups is 1. The maximum atomic E-state index is 11.9. The van der Waals surface area contributed by atoms with E-state index in [0.717, 1.165) is 16.8 Å². The average Bonchev–Trinajstić information content (AvgIpc) is 2.24. The molecule has 1 aromatic carbocycles. The first kappa shape index (κ1) is 11.6. The van der Waals surface area contributed by atoms with Crippen molar-refractivity contribution in [2.24, 2.45) is 0 Å². The fraction of sp³-hybridized carbons (Fsp3) is 0.286. The van der Waals surface area contributed by atoms with Crippen LogP contribution >= 0.6 is 0 Å². The summed E-state index contributed by atoms with van der Waals surface area (Å²) in [6.07, 6.45) is 0. The van der Waals surface area contributed by atoms with Crippen LogP contribution in [-0.2, 0) is 11.3 Å². The fourth-order valence-corrected chi connectivity index (χ4v) is 2.05. The highest BCUT2D eigenvalue weighted by atomic mass is 16.1. The molecular weight excluding hydrogens is 214 g/mol. The van der Waals surface area contributed by atoms with E-state index in [1.54, 1.807) is 13.0 Å². The van der Waals surface area contributed by atoms with Crippen LogP contribution in [-0.4, -0.2) is 10.4 Å². The molecule has 0 fully saturated rings. The van der Waals surface area contributed by atoms with E-state index in [9.17, 15) is 9.59 Å². The molecule has 0 saturated carbocycles. The maximum Gasteiger partial charge on any atom is 0.189 e. The minimum absolute atomic E-state index is 0.0148. The Kier molecular flexibility index (Phi) is 2.84. The minimum Gasteiger partial charge on any atom is -0.337 e. The summed E-state index contributed by atoms with van der Waals surface area (Å²) in [4.78, 5) is 23.2. The first-order chi connectivity index (χ1) is 7.99. The van der Waals surface area contributed by atoms with Crippen molar-refractivity contribution in [3.63, 3.8) is 0 Å². The van der Waals surface area contributed by atoms with E-state index in [1.807, 2.05) is 36.6 Å². The van der Waals surface area contributed by atoms with Crippen LogP contribution in [0.4, 0.5) is 0 Å². The molecule has 0 N–H and O–H groups in total. The van der Waals surface area contributed by atoms with Crippen molar-refractivity contribution in [3.8, 4) is 0 Å². The Morgan fingerprint density at radius 2 is 1.94 bits per heavy atom. The molecule has 0 aliphatic carbocycles. The second kappa shape index (κ2) is 4.17. The predicted octanol–water partition coefficient (Wildman–Crippen LogP) is 2.21. The van der Waals surface area contributed by atoms with Gasteiger partial charge in [-0.15, -0.1) is 0 Å². The molecule has 0 radical (unpaired) electrons. The van der Waals surface area contributed by atoms with Gasteiger partial charge in [0.05, 0.1) is 12.1 Å². The van der Waals surface area contributed by atoms with Gasteiger partial charge >= 0.3 is 0 Å². The standard InChI is InChI=1S/C14H15NO2/c1-9-4-5-13-12(6-9)14(17)7-10(2)15(13)8-11(3)16/h4-7H,8H2,1-3H3. The van der Waals surface area contributed by atoms with E-state index >= 15 is 0 Å². The molecular formula is C14H15NO2. The predicted molar refractivity (Wildman–Crippen MR) is 68.4 cm³/mol. The number of rotatable bonds is 2. The fourth-order valence-electron chi connectivity index (χ4n) is 2.05. The monoisotopic (exact) mass is 229 g/mol. The van der Waals surface area contributed by atoms with E-state index in [2.05, 4.69) is 0 Å². The highest BCUT2D eigenvalue weighted by Gasteiger charge is 2.07. The molecule has 3 heteroatoms. The van der Waals surface area contributed by atoms with Crippen LogP contribution < -0.4 is 5.43 Å². The summed E-state index contributed by atoms with van der Waals surface area (Å²) in [7, 11) is 0. The van der Waals surface area contributed by atoms with E-state index in [1.165, 1.54) is 0 Å². The SMILES string of the molecule is CC(=O)Cn1c(C)cc(=O)c2cc(C)ccc21. The lowest BCUT2D eigenvalue weighted by Gasteiger charge is -2.13. The molecule has 88 valence electrons. The Labute approximate surface area is 99.7 Å². The van der Waals surface area contributed by atoms with Crippen molar-refractivity contribution in [1.29, 1.82) is 0 Å². The number of benzene rings is 1. The topological polar surface area (TPSA) is 39.1 Å². The van der Waals surface area contributed by atoms with Gasteiger partial charge < -0.3 is 4.57 Å². The van der Waals surface area contributed by atoms with Gasteiger partial charge in [0.15, 0.2) is 5.43 Å². The van der Waals surface area contributed by atoms with Gasteiger partial charge in [-0.1, -0.05) is 11.6 Å². The molecule has 0 spiro atoms. The molecule has 0 unspecified atom stereocenters. The molecule has 2 aromatic rings. The van der Waals surface area contributed by atoms with Gasteiger partial charge in [0.1, 0.15) is 5.78 Å². The Morgan fingerprint density at radius 3 is 2.59 bits per heavy atom. The number of fused-ring (bicyclic) bond motifs is 1. The number of Topliss-reactive ketones (excluding diaryl/α,β-unsaturated/α-hetero) is 1. The number of hydrogen-bond acceptors (Lipinski definition) is 2. The summed E-state index contributed by atoms with van der Waals surface area (Å²) < 4.78 is 1.89. The summed E-state index contributed by atoms with van der Waals surface area (Å²) in [5.41, 5.74) is 2.71. The van der Waals surface area contributed by atoms with Gasteiger partial charge in [-0.2, -0.15) is 0 Å².